The fourth-order valence-electron chi connectivity index (χ4n) is 2.61. The van der Waals surface area contributed by atoms with Crippen LogP contribution in [0.15, 0.2) is 24.3 Å². The van der Waals surface area contributed by atoms with Crippen LogP contribution in [0.4, 0.5) is 0 Å². The minimum Gasteiger partial charge on any atom is -0.379 e. The van der Waals surface area contributed by atoms with Crippen LogP contribution in [-0.2, 0) is 11.2 Å². The van der Waals surface area contributed by atoms with E-state index in [4.69, 9.17) is 4.74 Å². The Morgan fingerprint density at radius 3 is 2.52 bits per heavy atom. The van der Waals surface area contributed by atoms with Gasteiger partial charge >= 0.3 is 0 Å². The third kappa shape index (κ3) is 6.62. The van der Waals surface area contributed by atoms with Gasteiger partial charge in [0.25, 0.3) is 0 Å². The minimum absolute atomic E-state index is 0.112. The molecule has 0 aliphatic heterocycles. The van der Waals surface area contributed by atoms with Crippen molar-refractivity contribution in [3.05, 3.63) is 35.4 Å². The van der Waals surface area contributed by atoms with Crippen LogP contribution in [0.3, 0.4) is 0 Å². The number of rotatable bonds is 9. The first-order valence-corrected chi connectivity index (χ1v) is 8.25. The third-order valence-corrected chi connectivity index (χ3v) is 3.89. The van der Waals surface area contributed by atoms with Crippen LogP contribution in [0.5, 0.6) is 0 Å². The average molecular weight is 291 g/mol. The molecule has 0 aliphatic carbocycles. The molecule has 0 radical (unpaired) electrons. The van der Waals surface area contributed by atoms with Crippen molar-refractivity contribution in [1.29, 1.82) is 0 Å². The lowest BCUT2D eigenvalue weighted by atomic mass is 9.91. The second kappa shape index (κ2) is 8.55. The van der Waals surface area contributed by atoms with Gasteiger partial charge in [0.15, 0.2) is 0 Å². The SMILES string of the molecule is CCCNC(CC(C)(C)OC)c1cccc(CC(C)C)c1. The van der Waals surface area contributed by atoms with Crippen LogP contribution in [0, 0.1) is 5.92 Å². The standard InChI is InChI=1S/C19H33NO/c1-7-11-20-18(14-19(4,5)21-6)17-10-8-9-16(13-17)12-15(2)3/h8-10,13,15,18,20H,7,11-12,14H2,1-6H3. The molecular weight excluding hydrogens is 258 g/mol. The zero-order valence-electron chi connectivity index (χ0n) is 14.7. The van der Waals surface area contributed by atoms with E-state index in [9.17, 15) is 0 Å². The highest BCUT2D eigenvalue weighted by Crippen LogP contribution is 2.27. The predicted molar refractivity (Wildman–Crippen MR) is 91.7 cm³/mol. The number of methoxy groups -OCH3 is 1. The Morgan fingerprint density at radius 2 is 1.95 bits per heavy atom. The van der Waals surface area contributed by atoms with Crippen LogP contribution in [0.2, 0.25) is 0 Å². The Hall–Kier alpha value is -0.860. The maximum Gasteiger partial charge on any atom is 0.0640 e. The lowest BCUT2D eigenvalue weighted by Gasteiger charge is -2.30. The number of ether oxygens (including phenoxy) is 1. The topological polar surface area (TPSA) is 21.3 Å². The number of benzene rings is 1. The van der Waals surface area contributed by atoms with Gasteiger partial charge in [0, 0.05) is 13.2 Å². The number of hydrogen-bond acceptors (Lipinski definition) is 2. The van der Waals surface area contributed by atoms with E-state index < -0.39 is 0 Å². The summed E-state index contributed by atoms with van der Waals surface area (Å²) in [6, 6.07) is 9.38. The molecule has 0 saturated heterocycles. The Balaban J connectivity index is 2.91. The second-order valence-electron chi connectivity index (χ2n) is 7.02. The van der Waals surface area contributed by atoms with Crippen LogP contribution in [0.25, 0.3) is 0 Å². The molecule has 1 rings (SSSR count). The van der Waals surface area contributed by atoms with Crippen LogP contribution < -0.4 is 5.32 Å². The molecule has 120 valence electrons. The summed E-state index contributed by atoms with van der Waals surface area (Å²) in [4.78, 5) is 0. The summed E-state index contributed by atoms with van der Waals surface area (Å²) >= 11 is 0. The van der Waals surface area contributed by atoms with Crippen molar-refractivity contribution in [3.8, 4) is 0 Å². The van der Waals surface area contributed by atoms with Gasteiger partial charge in [-0.25, -0.2) is 0 Å². The quantitative estimate of drug-likeness (QED) is 0.709. The summed E-state index contributed by atoms with van der Waals surface area (Å²) in [5.74, 6) is 0.692. The average Bonchev–Trinajstić information content (AvgIpc) is 2.43. The van der Waals surface area contributed by atoms with Crippen molar-refractivity contribution in [2.24, 2.45) is 5.92 Å². The van der Waals surface area contributed by atoms with E-state index in [0.29, 0.717) is 12.0 Å². The van der Waals surface area contributed by atoms with Crippen molar-refractivity contribution in [3.63, 3.8) is 0 Å². The molecular formula is C19H33NO. The van der Waals surface area contributed by atoms with Gasteiger partial charge < -0.3 is 10.1 Å². The highest BCUT2D eigenvalue weighted by Gasteiger charge is 2.23. The number of hydrogen-bond donors (Lipinski definition) is 1. The molecule has 0 spiro atoms. The fourth-order valence-corrected chi connectivity index (χ4v) is 2.61. The first-order chi connectivity index (χ1) is 9.88. The highest BCUT2D eigenvalue weighted by molar-refractivity contribution is 5.26. The predicted octanol–water partition coefficient (Wildman–Crippen LogP) is 4.74. The molecule has 0 aromatic heterocycles. The second-order valence-corrected chi connectivity index (χ2v) is 7.02. The van der Waals surface area contributed by atoms with Gasteiger partial charge in [0.2, 0.25) is 0 Å². The molecule has 2 nitrogen and oxygen atoms in total. The molecule has 1 unspecified atom stereocenters. The molecule has 21 heavy (non-hydrogen) atoms. The lowest BCUT2D eigenvalue weighted by molar-refractivity contribution is 0.00684. The van der Waals surface area contributed by atoms with Gasteiger partial charge in [-0.3, -0.25) is 0 Å². The molecule has 0 amide bonds. The van der Waals surface area contributed by atoms with Crippen molar-refractivity contribution >= 4 is 0 Å². The highest BCUT2D eigenvalue weighted by atomic mass is 16.5. The number of nitrogens with one attached hydrogen (secondary N) is 1. The summed E-state index contributed by atoms with van der Waals surface area (Å²) in [6.45, 7) is 12.1. The Bertz CT molecular complexity index is 412. The Kier molecular flexibility index (Phi) is 7.41. The van der Waals surface area contributed by atoms with E-state index in [1.54, 1.807) is 7.11 Å². The van der Waals surface area contributed by atoms with E-state index in [1.165, 1.54) is 11.1 Å². The maximum absolute atomic E-state index is 5.62. The molecule has 1 N–H and O–H groups in total. The molecule has 0 aliphatic rings. The van der Waals surface area contributed by atoms with Gasteiger partial charge in [-0.05, 0) is 56.7 Å². The van der Waals surface area contributed by atoms with Crippen molar-refractivity contribution in [1.82, 2.24) is 5.32 Å². The third-order valence-electron chi connectivity index (χ3n) is 3.89. The van der Waals surface area contributed by atoms with E-state index in [0.717, 1.165) is 25.8 Å². The Labute approximate surface area is 131 Å². The van der Waals surface area contributed by atoms with Gasteiger partial charge in [-0.15, -0.1) is 0 Å². The summed E-state index contributed by atoms with van der Waals surface area (Å²) in [5.41, 5.74) is 2.70. The summed E-state index contributed by atoms with van der Waals surface area (Å²) in [6.07, 6.45) is 3.27. The molecule has 0 bridgehead atoms. The molecule has 1 aromatic carbocycles. The van der Waals surface area contributed by atoms with Crippen LogP contribution >= 0.6 is 0 Å². The molecule has 2 heteroatoms. The first-order valence-electron chi connectivity index (χ1n) is 8.25. The molecule has 1 aromatic rings. The molecule has 0 heterocycles. The van der Waals surface area contributed by atoms with Crippen LogP contribution in [0.1, 0.15) is 64.6 Å². The first kappa shape index (κ1) is 18.2. The Morgan fingerprint density at radius 1 is 1.24 bits per heavy atom. The lowest BCUT2D eigenvalue weighted by Crippen LogP contribution is -2.32. The maximum atomic E-state index is 5.62. The molecule has 1 atom stereocenters. The minimum atomic E-state index is -0.112. The van der Waals surface area contributed by atoms with Crippen molar-refractivity contribution in [2.45, 2.75) is 65.5 Å². The van der Waals surface area contributed by atoms with Crippen LogP contribution in [-0.4, -0.2) is 19.3 Å². The van der Waals surface area contributed by atoms with E-state index >= 15 is 0 Å². The van der Waals surface area contributed by atoms with Crippen molar-refractivity contribution < 1.29 is 4.74 Å². The zero-order valence-corrected chi connectivity index (χ0v) is 14.7. The summed E-state index contributed by atoms with van der Waals surface area (Å²) in [5, 5.41) is 3.68. The summed E-state index contributed by atoms with van der Waals surface area (Å²) < 4.78 is 5.62. The van der Waals surface area contributed by atoms with Gasteiger partial charge in [0.05, 0.1) is 5.60 Å². The van der Waals surface area contributed by atoms with Gasteiger partial charge in [-0.1, -0.05) is 45.0 Å². The molecule has 0 fully saturated rings. The normalized spacial score (nSPS) is 13.7. The van der Waals surface area contributed by atoms with E-state index in [-0.39, 0.29) is 5.60 Å². The smallest absolute Gasteiger partial charge is 0.0640 e. The fraction of sp³-hybridized carbons (Fsp3) is 0.684. The van der Waals surface area contributed by atoms with Gasteiger partial charge in [0.1, 0.15) is 0 Å². The largest absolute Gasteiger partial charge is 0.379 e. The zero-order chi connectivity index (χ0) is 15.9. The molecule has 0 saturated carbocycles. The monoisotopic (exact) mass is 291 g/mol. The summed E-state index contributed by atoms with van der Waals surface area (Å²) in [7, 11) is 1.80. The van der Waals surface area contributed by atoms with E-state index in [2.05, 4.69) is 64.2 Å². The van der Waals surface area contributed by atoms with E-state index in [1.807, 2.05) is 0 Å². The van der Waals surface area contributed by atoms with Crippen molar-refractivity contribution in [2.75, 3.05) is 13.7 Å². The van der Waals surface area contributed by atoms with Gasteiger partial charge in [-0.2, -0.15) is 0 Å².